The molecule has 122 valence electrons. The van der Waals surface area contributed by atoms with Crippen molar-refractivity contribution >= 4 is 5.97 Å². The van der Waals surface area contributed by atoms with E-state index in [4.69, 9.17) is 4.74 Å². The van der Waals surface area contributed by atoms with Crippen molar-refractivity contribution in [1.29, 1.82) is 0 Å². The van der Waals surface area contributed by atoms with Crippen LogP contribution in [0.3, 0.4) is 0 Å². The molecular weight excluding hydrogens is 264 g/mol. The molecule has 0 N–H and O–H groups in total. The van der Waals surface area contributed by atoms with Crippen LogP contribution in [0.25, 0.3) is 0 Å². The highest BCUT2D eigenvalue weighted by atomic mass is 16.6. The molecule has 2 aliphatic heterocycles. The zero-order valence-electron chi connectivity index (χ0n) is 14.2. The Morgan fingerprint density at radius 1 is 1.14 bits per heavy atom. The summed E-state index contributed by atoms with van der Waals surface area (Å²) in [5.41, 5.74) is -0.389. The Morgan fingerprint density at radius 2 is 1.71 bits per heavy atom. The van der Waals surface area contributed by atoms with Gasteiger partial charge in [0, 0.05) is 6.54 Å². The first-order valence-electron chi connectivity index (χ1n) is 8.54. The van der Waals surface area contributed by atoms with E-state index in [-0.39, 0.29) is 17.6 Å². The SMILES string of the molecule is CC(C(=O)OC(C)(C)C)N1CCC(CN2CCCC2)CC1. The molecule has 0 spiro atoms. The normalized spacial score (nSPS) is 24.2. The largest absolute Gasteiger partial charge is 0.459 e. The first kappa shape index (κ1) is 16.8. The lowest BCUT2D eigenvalue weighted by molar-refractivity contribution is -0.161. The number of nitrogens with zero attached hydrogens (tertiary/aromatic N) is 2. The molecule has 0 aliphatic carbocycles. The van der Waals surface area contributed by atoms with Gasteiger partial charge in [0.15, 0.2) is 0 Å². The third-order valence-electron chi connectivity index (χ3n) is 4.66. The number of hydrogen-bond acceptors (Lipinski definition) is 4. The number of esters is 1. The summed E-state index contributed by atoms with van der Waals surface area (Å²) in [7, 11) is 0. The molecule has 1 unspecified atom stereocenters. The van der Waals surface area contributed by atoms with Crippen LogP contribution in [0.4, 0.5) is 0 Å². The third kappa shape index (κ3) is 5.26. The van der Waals surface area contributed by atoms with E-state index in [1.54, 1.807) is 0 Å². The van der Waals surface area contributed by atoms with Crippen LogP contribution in [-0.2, 0) is 9.53 Å². The molecule has 4 nitrogen and oxygen atoms in total. The molecule has 0 bridgehead atoms. The van der Waals surface area contributed by atoms with Crippen molar-refractivity contribution in [2.75, 3.05) is 32.7 Å². The second kappa shape index (κ2) is 7.10. The van der Waals surface area contributed by atoms with E-state index in [9.17, 15) is 4.79 Å². The molecule has 2 rings (SSSR count). The first-order chi connectivity index (χ1) is 9.85. The highest BCUT2D eigenvalue weighted by Crippen LogP contribution is 2.22. The van der Waals surface area contributed by atoms with Crippen molar-refractivity contribution in [2.45, 2.75) is 65.0 Å². The number of carbonyl (C=O) groups excluding carboxylic acids is 1. The molecule has 0 radical (unpaired) electrons. The first-order valence-corrected chi connectivity index (χ1v) is 8.54. The highest BCUT2D eigenvalue weighted by molar-refractivity contribution is 5.75. The molecule has 0 aromatic rings. The van der Waals surface area contributed by atoms with Crippen LogP contribution in [-0.4, -0.2) is 60.1 Å². The Hall–Kier alpha value is -0.610. The molecule has 2 heterocycles. The van der Waals surface area contributed by atoms with Gasteiger partial charge in [0.25, 0.3) is 0 Å². The van der Waals surface area contributed by atoms with Gasteiger partial charge in [-0.25, -0.2) is 0 Å². The summed E-state index contributed by atoms with van der Waals surface area (Å²) in [6, 6.07) is -0.114. The fraction of sp³-hybridized carbons (Fsp3) is 0.941. The van der Waals surface area contributed by atoms with Gasteiger partial charge in [-0.05, 0) is 85.5 Å². The van der Waals surface area contributed by atoms with Gasteiger partial charge in [-0.1, -0.05) is 0 Å². The summed E-state index contributed by atoms with van der Waals surface area (Å²) in [4.78, 5) is 17.0. The van der Waals surface area contributed by atoms with E-state index in [0.29, 0.717) is 0 Å². The summed E-state index contributed by atoms with van der Waals surface area (Å²) < 4.78 is 5.50. The van der Waals surface area contributed by atoms with Gasteiger partial charge in [0.05, 0.1) is 0 Å². The maximum atomic E-state index is 12.1. The molecular formula is C17H32N2O2. The van der Waals surface area contributed by atoms with Crippen molar-refractivity contribution in [2.24, 2.45) is 5.92 Å². The van der Waals surface area contributed by atoms with Crippen LogP contribution in [0.5, 0.6) is 0 Å². The van der Waals surface area contributed by atoms with Crippen molar-refractivity contribution in [3.63, 3.8) is 0 Å². The molecule has 1 atom stereocenters. The highest BCUT2D eigenvalue weighted by Gasteiger charge is 2.30. The Labute approximate surface area is 129 Å². The Balaban J connectivity index is 1.73. The van der Waals surface area contributed by atoms with Gasteiger partial charge < -0.3 is 9.64 Å². The van der Waals surface area contributed by atoms with Gasteiger partial charge in [-0.2, -0.15) is 0 Å². The number of carbonyl (C=O) groups is 1. The molecule has 21 heavy (non-hydrogen) atoms. The van der Waals surface area contributed by atoms with E-state index in [1.807, 2.05) is 27.7 Å². The predicted molar refractivity (Wildman–Crippen MR) is 85.3 cm³/mol. The maximum Gasteiger partial charge on any atom is 0.323 e. The average Bonchev–Trinajstić information content (AvgIpc) is 2.90. The fourth-order valence-electron chi connectivity index (χ4n) is 3.39. The number of hydrogen-bond donors (Lipinski definition) is 0. The topological polar surface area (TPSA) is 32.8 Å². The van der Waals surface area contributed by atoms with Crippen molar-refractivity contribution in [3.8, 4) is 0 Å². The maximum absolute atomic E-state index is 12.1. The smallest absolute Gasteiger partial charge is 0.323 e. The van der Waals surface area contributed by atoms with Crippen LogP contribution in [0, 0.1) is 5.92 Å². The van der Waals surface area contributed by atoms with Crippen LogP contribution in [0.1, 0.15) is 53.4 Å². The van der Waals surface area contributed by atoms with Crippen molar-refractivity contribution < 1.29 is 9.53 Å². The quantitative estimate of drug-likeness (QED) is 0.746. The molecule has 2 fully saturated rings. The lowest BCUT2D eigenvalue weighted by atomic mass is 9.95. The monoisotopic (exact) mass is 296 g/mol. The number of rotatable bonds is 4. The summed E-state index contributed by atoms with van der Waals surface area (Å²) in [6.45, 7) is 13.7. The minimum atomic E-state index is -0.389. The lowest BCUT2D eigenvalue weighted by Crippen LogP contribution is -2.47. The minimum Gasteiger partial charge on any atom is -0.459 e. The molecule has 2 aliphatic rings. The zero-order valence-corrected chi connectivity index (χ0v) is 14.2. The molecule has 0 amide bonds. The molecule has 4 heteroatoms. The van der Waals surface area contributed by atoms with Crippen LogP contribution < -0.4 is 0 Å². The lowest BCUT2D eigenvalue weighted by Gasteiger charge is -2.37. The van der Waals surface area contributed by atoms with Gasteiger partial charge in [0.2, 0.25) is 0 Å². The van der Waals surface area contributed by atoms with E-state index in [0.717, 1.165) is 19.0 Å². The Kier molecular flexibility index (Phi) is 5.67. The second-order valence-electron chi connectivity index (χ2n) is 7.70. The second-order valence-corrected chi connectivity index (χ2v) is 7.70. The molecule has 0 saturated carbocycles. The standard InChI is InChI=1S/C17H32N2O2/c1-14(16(20)21-17(2,3)4)19-11-7-15(8-12-19)13-18-9-5-6-10-18/h14-15H,5-13H2,1-4H3. The van der Waals surface area contributed by atoms with Gasteiger partial charge in [-0.3, -0.25) is 9.69 Å². The number of ether oxygens (including phenoxy) is 1. The predicted octanol–water partition coefficient (Wildman–Crippen LogP) is 2.52. The van der Waals surface area contributed by atoms with Crippen LogP contribution in [0.15, 0.2) is 0 Å². The molecule has 0 aromatic heterocycles. The average molecular weight is 296 g/mol. The zero-order chi connectivity index (χ0) is 15.5. The number of piperidine rings is 1. The van der Waals surface area contributed by atoms with Crippen molar-refractivity contribution in [3.05, 3.63) is 0 Å². The van der Waals surface area contributed by atoms with Crippen LogP contribution >= 0.6 is 0 Å². The molecule has 2 saturated heterocycles. The summed E-state index contributed by atoms with van der Waals surface area (Å²) in [5, 5.41) is 0. The summed E-state index contributed by atoms with van der Waals surface area (Å²) >= 11 is 0. The van der Waals surface area contributed by atoms with E-state index < -0.39 is 0 Å². The molecule has 0 aromatic carbocycles. The van der Waals surface area contributed by atoms with E-state index in [2.05, 4.69) is 9.80 Å². The van der Waals surface area contributed by atoms with E-state index >= 15 is 0 Å². The summed E-state index contributed by atoms with van der Waals surface area (Å²) in [5.74, 6) is 0.727. The minimum absolute atomic E-state index is 0.0829. The third-order valence-corrected chi connectivity index (χ3v) is 4.66. The fourth-order valence-corrected chi connectivity index (χ4v) is 3.39. The Morgan fingerprint density at radius 3 is 2.24 bits per heavy atom. The van der Waals surface area contributed by atoms with Gasteiger partial charge in [0.1, 0.15) is 11.6 Å². The van der Waals surface area contributed by atoms with Crippen molar-refractivity contribution in [1.82, 2.24) is 9.80 Å². The summed E-state index contributed by atoms with van der Waals surface area (Å²) in [6.07, 6.45) is 5.16. The number of likely N-dealkylation sites (tertiary alicyclic amines) is 2. The Bertz CT molecular complexity index is 337. The van der Waals surface area contributed by atoms with Crippen LogP contribution in [0.2, 0.25) is 0 Å². The van der Waals surface area contributed by atoms with Gasteiger partial charge in [-0.15, -0.1) is 0 Å². The van der Waals surface area contributed by atoms with Gasteiger partial charge >= 0.3 is 5.97 Å². The van der Waals surface area contributed by atoms with E-state index in [1.165, 1.54) is 45.3 Å².